The van der Waals surface area contributed by atoms with Crippen LogP contribution in [0.15, 0.2) is 43.0 Å². The van der Waals surface area contributed by atoms with Crippen molar-refractivity contribution in [3.8, 4) is 0 Å². The quantitative estimate of drug-likeness (QED) is 0.575. The Morgan fingerprint density at radius 3 is 2.55 bits per heavy atom. The third kappa shape index (κ3) is 4.51. The van der Waals surface area contributed by atoms with E-state index >= 15 is 0 Å². The minimum Gasteiger partial charge on any atom is -0.479 e. The van der Waals surface area contributed by atoms with Gasteiger partial charge in [-0.3, -0.25) is 4.79 Å². The second-order valence-corrected chi connectivity index (χ2v) is 4.26. The number of carboxylic acids is 1. The summed E-state index contributed by atoms with van der Waals surface area (Å²) in [7, 11) is 1.21. The third-order valence-electron chi connectivity index (χ3n) is 2.86. The van der Waals surface area contributed by atoms with Crippen molar-refractivity contribution >= 4 is 11.9 Å². The number of rotatable bonds is 8. The van der Waals surface area contributed by atoms with Gasteiger partial charge in [0.1, 0.15) is 0 Å². The Bertz CT molecular complexity index is 458. The summed E-state index contributed by atoms with van der Waals surface area (Å²) in [6, 6.07) is 9.68. The van der Waals surface area contributed by atoms with E-state index in [-0.39, 0.29) is 0 Å². The summed E-state index contributed by atoms with van der Waals surface area (Å²) in [5, 5.41) is 8.95. The van der Waals surface area contributed by atoms with Gasteiger partial charge in [-0.2, -0.15) is 0 Å². The molecule has 0 aliphatic rings. The van der Waals surface area contributed by atoms with Gasteiger partial charge in [0.25, 0.3) is 5.91 Å². The molecule has 0 bridgehead atoms. The number of carboxylic acid groups (broad SMARTS) is 1. The van der Waals surface area contributed by atoms with E-state index in [1.807, 2.05) is 30.3 Å². The lowest BCUT2D eigenvalue weighted by Crippen LogP contribution is -2.45. The van der Waals surface area contributed by atoms with Crippen LogP contribution < -0.4 is 0 Å². The first kappa shape index (κ1) is 15.9. The average Bonchev–Trinajstić information content (AvgIpc) is 2.44. The molecule has 0 spiro atoms. The maximum absolute atomic E-state index is 12.1. The fourth-order valence-electron chi connectivity index (χ4n) is 1.83. The molecular weight excluding hydrogens is 258 g/mol. The zero-order valence-electron chi connectivity index (χ0n) is 11.5. The maximum atomic E-state index is 12.1. The maximum Gasteiger partial charge on any atom is 0.342 e. The Hall–Kier alpha value is -2.14. The van der Waals surface area contributed by atoms with Crippen LogP contribution in [-0.2, 0) is 20.7 Å². The molecule has 0 saturated carbocycles. The summed E-state index contributed by atoms with van der Waals surface area (Å²) in [6.45, 7) is 4.29. The molecule has 1 N–H and O–H groups in total. The topological polar surface area (TPSA) is 66.8 Å². The van der Waals surface area contributed by atoms with E-state index in [0.29, 0.717) is 19.5 Å². The molecule has 0 saturated heterocycles. The summed E-state index contributed by atoms with van der Waals surface area (Å²) >= 11 is 0. The summed E-state index contributed by atoms with van der Waals surface area (Å²) in [5.74, 6) is -1.85. The largest absolute Gasteiger partial charge is 0.479 e. The van der Waals surface area contributed by atoms with E-state index < -0.39 is 18.0 Å². The Kier molecular flexibility index (Phi) is 6.46. The van der Waals surface area contributed by atoms with Crippen molar-refractivity contribution in [2.75, 3.05) is 20.2 Å². The normalized spacial score (nSPS) is 11.7. The summed E-state index contributed by atoms with van der Waals surface area (Å²) in [5.41, 5.74) is 1.08. The molecule has 5 nitrogen and oxygen atoms in total. The standard InChI is InChI=1S/C15H19NO4/c1-3-10-16(14(17)13(20-2)15(18)19)11-9-12-7-5-4-6-8-12/h3-8,13H,1,9-11H2,2H3,(H,18,19). The van der Waals surface area contributed by atoms with Crippen LogP contribution >= 0.6 is 0 Å². The fourth-order valence-corrected chi connectivity index (χ4v) is 1.83. The van der Waals surface area contributed by atoms with Gasteiger partial charge in [0.15, 0.2) is 0 Å². The highest BCUT2D eigenvalue weighted by molar-refractivity contribution is 6.00. The molecule has 0 fully saturated rings. The second-order valence-electron chi connectivity index (χ2n) is 4.26. The smallest absolute Gasteiger partial charge is 0.342 e. The van der Waals surface area contributed by atoms with Gasteiger partial charge >= 0.3 is 5.97 Å². The number of methoxy groups -OCH3 is 1. The molecule has 1 amide bonds. The van der Waals surface area contributed by atoms with E-state index in [9.17, 15) is 9.59 Å². The Morgan fingerprint density at radius 2 is 2.05 bits per heavy atom. The minimum atomic E-state index is -1.47. The Morgan fingerprint density at radius 1 is 1.40 bits per heavy atom. The van der Waals surface area contributed by atoms with Gasteiger partial charge in [-0.1, -0.05) is 36.4 Å². The van der Waals surface area contributed by atoms with Crippen molar-refractivity contribution in [1.82, 2.24) is 4.90 Å². The summed E-state index contributed by atoms with van der Waals surface area (Å²) in [6.07, 6.45) is 0.749. The molecule has 1 aromatic rings. The molecular formula is C15H19NO4. The van der Waals surface area contributed by atoms with Crippen LogP contribution in [0.5, 0.6) is 0 Å². The number of amides is 1. The van der Waals surface area contributed by atoms with Gasteiger partial charge in [-0.05, 0) is 12.0 Å². The van der Waals surface area contributed by atoms with E-state index in [1.165, 1.54) is 12.0 Å². The van der Waals surface area contributed by atoms with Crippen LogP contribution in [0, 0.1) is 0 Å². The molecule has 1 atom stereocenters. The minimum absolute atomic E-state index is 0.290. The number of nitrogens with zero attached hydrogens (tertiary/aromatic N) is 1. The molecule has 0 aliphatic carbocycles. The molecule has 0 aliphatic heterocycles. The molecule has 108 valence electrons. The van der Waals surface area contributed by atoms with Gasteiger partial charge in [0, 0.05) is 20.2 Å². The molecule has 1 aromatic carbocycles. The highest BCUT2D eigenvalue weighted by Crippen LogP contribution is 2.05. The van der Waals surface area contributed by atoms with E-state index in [0.717, 1.165) is 5.56 Å². The third-order valence-corrected chi connectivity index (χ3v) is 2.86. The predicted molar refractivity (Wildman–Crippen MR) is 75.4 cm³/mol. The number of carbonyl (C=O) groups is 2. The number of ether oxygens (including phenoxy) is 1. The lowest BCUT2D eigenvalue weighted by molar-refractivity contribution is -0.159. The van der Waals surface area contributed by atoms with Crippen molar-refractivity contribution < 1.29 is 19.4 Å². The zero-order valence-corrected chi connectivity index (χ0v) is 11.5. The number of hydrogen-bond donors (Lipinski definition) is 1. The predicted octanol–water partition coefficient (Wildman–Crippen LogP) is 1.34. The van der Waals surface area contributed by atoms with Crippen molar-refractivity contribution in [1.29, 1.82) is 0 Å². The van der Waals surface area contributed by atoms with Crippen molar-refractivity contribution in [2.45, 2.75) is 12.5 Å². The van der Waals surface area contributed by atoms with E-state index in [4.69, 9.17) is 9.84 Å². The van der Waals surface area contributed by atoms with Gasteiger partial charge in [-0.15, -0.1) is 6.58 Å². The van der Waals surface area contributed by atoms with Crippen LogP contribution in [-0.4, -0.2) is 48.2 Å². The molecule has 1 unspecified atom stereocenters. The van der Waals surface area contributed by atoms with Crippen LogP contribution in [0.25, 0.3) is 0 Å². The van der Waals surface area contributed by atoms with Crippen molar-refractivity contribution in [3.05, 3.63) is 48.6 Å². The lowest BCUT2D eigenvalue weighted by atomic mass is 10.1. The van der Waals surface area contributed by atoms with E-state index in [1.54, 1.807) is 6.08 Å². The molecule has 0 radical (unpaired) electrons. The SMILES string of the molecule is C=CCN(CCc1ccccc1)C(=O)C(OC)C(=O)O. The fraction of sp³-hybridized carbons (Fsp3) is 0.333. The average molecular weight is 277 g/mol. The first-order valence-corrected chi connectivity index (χ1v) is 6.29. The second kappa shape index (κ2) is 8.12. The first-order chi connectivity index (χ1) is 9.60. The van der Waals surface area contributed by atoms with Crippen LogP contribution in [0.4, 0.5) is 0 Å². The van der Waals surface area contributed by atoms with Gasteiger partial charge < -0.3 is 14.7 Å². The molecule has 1 rings (SSSR count). The van der Waals surface area contributed by atoms with Gasteiger partial charge in [0.05, 0.1) is 0 Å². The molecule has 0 aromatic heterocycles. The first-order valence-electron chi connectivity index (χ1n) is 6.29. The molecule has 5 heteroatoms. The monoisotopic (exact) mass is 277 g/mol. The van der Waals surface area contributed by atoms with Crippen molar-refractivity contribution in [2.24, 2.45) is 0 Å². The van der Waals surface area contributed by atoms with Crippen LogP contribution in [0.3, 0.4) is 0 Å². The number of hydrogen-bond acceptors (Lipinski definition) is 3. The van der Waals surface area contributed by atoms with Crippen LogP contribution in [0.1, 0.15) is 5.56 Å². The Balaban J connectivity index is 2.70. The lowest BCUT2D eigenvalue weighted by Gasteiger charge is -2.23. The van der Waals surface area contributed by atoms with Crippen LogP contribution in [0.2, 0.25) is 0 Å². The highest BCUT2D eigenvalue weighted by Gasteiger charge is 2.29. The summed E-state index contributed by atoms with van der Waals surface area (Å²) < 4.78 is 4.73. The molecule has 20 heavy (non-hydrogen) atoms. The molecule has 0 heterocycles. The number of carbonyl (C=O) groups excluding carboxylic acids is 1. The zero-order chi connectivity index (χ0) is 15.0. The number of benzene rings is 1. The number of aliphatic carboxylic acids is 1. The van der Waals surface area contributed by atoms with Crippen molar-refractivity contribution in [3.63, 3.8) is 0 Å². The van der Waals surface area contributed by atoms with Gasteiger partial charge in [-0.25, -0.2) is 4.79 Å². The van der Waals surface area contributed by atoms with Gasteiger partial charge in [0.2, 0.25) is 6.10 Å². The van der Waals surface area contributed by atoms with E-state index in [2.05, 4.69) is 6.58 Å². The summed E-state index contributed by atoms with van der Waals surface area (Å²) in [4.78, 5) is 24.5. The Labute approximate surface area is 118 Å². The highest BCUT2D eigenvalue weighted by atomic mass is 16.5.